The van der Waals surface area contributed by atoms with Crippen LogP contribution < -0.4 is 10.5 Å². The first kappa shape index (κ1) is 32.9. The van der Waals surface area contributed by atoms with Gasteiger partial charge in [-0.25, -0.2) is 0 Å². The maximum atomic E-state index is 6.39. The predicted octanol–water partition coefficient (Wildman–Crippen LogP) is 6.57. The lowest BCUT2D eigenvalue weighted by atomic mass is 10.1. The van der Waals surface area contributed by atoms with Crippen LogP contribution in [0.25, 0.3) is 0 Å². The van der Waals surface area contributed by atoms with Crippen LogP contribution in [0.4, 0.5) is 0 Å². The number of benzene rings is 1. The van der Waals surface area contributed by atoms with E-state index in [1.165, 1.54) is 11.1 Å². The van der Waals surface area contributed by atoms with E-state index in [4.69, 9.17) is 10.5 Å². The molecule has 0 atom stereocenters. The average Bonchev–Trinajstić information content (AvgIpc) is 3.08. The Hall–Kier alpha value is -4.50. The van der Waals surface area contributed by atoms with Gasteiger partial charge in [-0.3, -0.25) is 29.7 Å². The van der Waals surface area contributed by atoms with Gasteiger partial charge in [0.15, 0.2) is 0 Å². The van der Waals surface area contributed by atoms with Gasteiger partial charge < -0.3 is 10.5 Å². The quantitative estimate of drug-likeness (QED) is 0.104. The zero-order valence-electron chi connectivity index (χ0n) is 26.6. The largest absolute Gasteiger partial charge is 0.494 e. The fourth-order valence-corrected chi connectivity index (χ4v) is 5.52. The van der Waals surface area contributed by atoms with Crippen molar-refractivity contribution in [1.29, 1.82) is 0 Å². The minimum absolute atomic E-state index is 0.685. The van der Waals surface area contributed by atoms with Crippen molar-refractivity contribution in [2.24, 2.45) is 5.73 Å². The summed E-state index contributed by atoms with van der Waals surface area (Å²) < 4.78 is 6.39. The fourth-order valence-electron chi connectivity index (χ4n) is 5.52. The van der Waals surface area contributed by atoms with Crippen molar-refractivity contribution in [1.82, 2.24) is 29.7 Å². The molecular formula is C38H45N7O. The number of aromatic nitrogens is 4. The molecule has 2 N–H and O–H groups in total. The Balaban J connectivity index is 1.39. The topological polar surface area (TPSA) is 93.3 Å². The number of unbranched alkanes of at least 4 members (excludes halogenated alkanes) is 3. The summed E-state index contributed by atoms with van der Waals surface area (Å²) in [4.78, 5) is 23.2. The van der Waals surface area contributed by atoms with Crippen molar-refractivity contribution < 1.29 is 4.74 Å². The molecule has 0 amide bonds. The van der Waals surface area contributed by atoms with Crippen LogP contribution in [0.2, 0.25) is 0 Å². The highest BCUT2D eigenvalue weighted by Crippen LogP contribution is 2.23. The Morgan fingerprint density at radius 2 is 0.891 bits per heavy atom. The SMILES string of the molecule is NCCCCCCOc1cc(CN(Cc2ccccn2)Cc2ccccn2)cc(CN(Cc2ccccn2)Cc2ccccn2)c1. The van der Waals surface area contributed by atoms with E-state index in [0.29, 0.717) is 32.8 Å². The van der Waals surface area contributed by atoms with Crippen molar-refractivity contribution in [2.45, 2.75) is 65.0 Å². The number of nitrogens with two attached hydrogens (primary N) is 1. The molecule has 0 fully saturated rings. The first-order chi connectivity index (χ1) is 22.7. The Bertz CT molecular complexity index is 1350. The zero-order chi connectivity index (χ0) is 31.7. The second-order valence-corrected chi connectivity index (χ2v) is 11.6. The van der Waals surface area contributed by atoms with E-state index in [1.54, 1.807) is 0 Å². The normalized spacial score (nSPS) is 11.3. The summed E-state index contributed by atoms with van der Waals surface area (Å²) in [5, 5.41) is 0. The Kier molecular flexibility index (Phi) is 13.2. The summed E-state index contributed by atoms with van der Waals surface area (Å²) in [6.45, 7) is 5.74. The van der Waals surface area contributed by atoms with Crippen LogP contribution >= 0.6 is 0 Å². The second-order valence-electron chi connectivity index (χ2n) is 11.6. The fraction of sp³-hybridized carbons (Fsp3) is 0.316. The van der Waals surface area contributed by atoms with Gasteiger partial charge in [0, 0.05) is 64.1 Å². The van der Waals surface area contributed by atoms with Gasteiger partial charge in [0.2, 0.25) is 0 Å². The van der Waals surface area contributed by atoms with E-state index in [1.807, 2.05) is 73.3 Å². The van der Waals surface area contributed by atoms with Crippen LogP contribution in [0.1, 0.15) is 59.6 Å². The van der Waals surface area contributed by atoms with Crippen LogP contribution in [-0.2, 0) is 39.3 Å². The van der Waals surface area contributed by atoms with Crippen molar-refractivity contribution in [3.05, 3.63) is 150 Å². The summed E-state index contributed by atoms with van der Waals surface area (Å²) in [5.74, 6) is 0.901. The van der Waals surface area contributed by atoms with E-state index in [0.717, 1.165) is 73.8 Å². The van der Waals surface area contributed by atoms with E-state index >= 15 is 0 Å². The molecule has 0 radical (unpaired) electrons. The highest BCUT2D eigenvalue weighted by atomic mass is 16.5. The van der Waals surface area contributed by atoms with E-state index < -0.39 is 0 Å². The smallest absolute Gasteiger partial charge is 0.119 e. The van der Waals surface area contributed by atoms with Gasteiger partial charge in [0.25, 0.3) is 0 Å². The molecule has 0 bridgehead atoms. The molecule has 4 heterocycles. The maximum Gasteiger partial charge on any atom is 0.119 e. The monoisotopic (exact) mass is 615 g/mol. The molecule has 46 heavy (non-hydrogen) atoms. The number of pyridine rings is 4. The number of hydrogen-bond donors (Lipinski definition) is 1. The maximum absolute atomic E-state index is 6.39. The molecule has 0 saturated heterocycles. The van der Waals surface area contributed by atoms with Gasteiger partial charge >= 0.3 is 0 Å². The van der Waals surface area contributed by atoms with Crippen molar-refractivity contribution in [2.75, 3.05) is 13.2 Å². The highest BCUT2D eigenvalue weighted by molar-refractivity contribution is 5.35. The molecule has 4 aromatic heterocycles. The van der Waals surface area contributed by atoms with Crippen molar-refractivity contribution in [3.63, 3.8) is 0 Å². The van der Waals surface area contributed by atoms with Crippen LogP contribution in [0.15, 0.2) is 116 Å². The van der Waals surface area contributed by atoms with Crippen molar-refractivity contribution >= 4 is 0 Å². The summed E-state index contributed by atoms with van der Waals surface area (Å²) in [6.07, 6.45) is 11.7. The first-order valence-corrected chi connectivity index (χ1v) is 16.2. The van der Waals surface area contributed by atoms with Gasteiger partial charge in [0.1, 0.15) is 5.75 Å². The molecule has 1 aromatic carbocycles. The average molecular weight is 616 g/mol. The number of hydrogen-bond acceptors (Lipinski definition) is 8. The molecular weight excluding hydrogens is 570 g/mol. The van der Waals surface area contributed by atoms with Crippen LogP contribution in [-0.4, -0.2) is 42.9 Å². The predicted molar refractivity (Wildman–Crippen MR) is 182 cm³/mol. The van der Waals surface area contributed by atoms with Gasteiger partial charge in [-0.05, 0) is 91.2 Å². The molecule has 0 aliphatic rings. The molecule has 0 spiro atoms. The second kappa shape index (κ2) is 18.5. The number of rotatable bonds is 19. The zero-order valence-corrected chi connectivity index (χ0v) is 26.6. The Morgan fingerprint density at radius 1 is 0.478 bits per heavy atom. The van der Waals surface area contributed by atoms with Crippen LogP contribution in [0.3, 0.4) is 0 Å². The lowest BCUT2D eigenvalue weighted by molar-refractivity contribution is 0.236. The molecule has 0 saturated carbocycles. The third-order valence-electron chi connectivity index (χ3n) is 7.65. The van der Waals surface area contributed by atoms with Gasteiger partial charge in [0.05, 0.1) is 29.4 Å². The van der Waals surface area contributed by atoms with Crippen LogP contribution in [0.5, 0.6) is 5.75 Å². The lowest BCUT2D eigenvalue weighted by Gasteiger charge is -2.25. The van der Waals surface area contributed by atoms with Crippen LogP contribution in [0, 0.1) is 0 Å². The summed E-state index contributed by atoms with van der Waals surface area (Å²) in [6, 6.07) is 31.0. The van der Waals surface area contributed by atoms with E-state index in [9.17, 15) is 0 Å². The standard InChI is InChI=1S/C38H45N7O/c39-17-7-1-2-12-22-46-38-24-32(26-44(28-34-13-3-8-18-40-34)29-35-14-4-9-19-41-35)23-33(25-38)27-45(30-36-15-5-10-20-42-36)31-37-16-6-11-21-43-37/h3-6,8-11,13-16,18-21,23-25H,1-2,7,12,17,22,26-31,39H2. The van der Waals surface area contributed by atoms with Gasteiger partial charge in [-0.2, -0.15) is 0 Å². The number of nitrogens with zero attached hydrogens (tertiary/aromatic N) is 6. The minimum atomic E-state index is 0.685. The summed E-state index contributed by atoms with van der Waals surface area (Å²) >= 11 is 0. The molecule has 238 valence electrons. The molecule has 8 heteroatoms. The number of ether oxygens (including phenoxy) is 1. The van der Waals surface area contributed by atoms with E-state index in [2.05, 4.69) is 72.2 Å². The summed E-state index contributed by atoms with van der Waals surface area (Å²) in [7, 11) is 0. The third-order valence-corrected chi connectivity index (χ3v) is 7.65. The Morgan fingerprint density at radius 3 is 1.26 bits per heavy atom. The van der Waals surface area contributed by atoms with Gasteiger partial charge in [-0.1, -0.05) is 43.2 Å². The van der Waals surface area contributed by atoms with Crippen molar-refractivity contribution in [3.8, 4) is 5.75 Å². The molecule has 0 aliphatic carbocycles. The molecule has 0 unspecified atom stereocenters. The molecule has 8 nitrogen and oxygen atoms in total. The Labute approximate surface area is 273 Å². The lowest BCUT2D eigenvalue weighted by Crippen LogP contribution is -2.25. The minimum Gasteiger partial charge on any atom is -0.494 e. The third kappa shape index (κ3) is 11.5. The molecule has 5 rings (SSSR count). The first-order valence-electron chi connectivity index (χ1n) is 16.2. The highest BCUT2D eigenvalue weighted by Gasteiger charge is 2.15. The van der Waals surface area contributed by atoms with E-state index in [-0.39, 0.29) is 0 Å². The molecule has 0 aliphatic heterocycles. The molecule has 5 aromatic rings. The summed E-state index contributed by atoms with van der Waals surface area (Å²) in [5.41, 5.74) is 12.2. The van der Waals surface area contributed by atoms with Gasteiger partial charge in [-0.15, -0.1) is 0 Å².